The molecule has 0 saturated carbocycles. The molecule has 12 aromatic rings. The highest BCUT2D eigenvalue weighted by atomic mass is 19.1. The number of nitrogens with two attached hydrogens (primary N) is 5. The number of halogens is 1. The number of aliphatic hydroxyl groups excluding tert-OH is 8. The first-order chi connectivity index (χ1) is 55.5. The summed E-state index contributed by atoms with van der Waals surface area (Å²) in [6.07, 6.45) is 2.49. The number of pyridine rings is 2. The zero-order valence-corrected chi connectivity index (χ0v) is 60.4. The maximum Gasteiger partial charge on any atom is 0.253 e. The van der Waals surface area contributed by atoms with E-state index in [1.54, 1.807) is 74.5 Å². The third-order valence-corrected chi connectivity index (χ3v) is 19.2. The number of hydrogen-bond donors (Lipinski definition) is 18. The Morgan fingerprint density at radius 1 is 0.478 bits per heavy atom. The molecule has 9 aromatic heterocycles. The van der Waals surface area contributed by atoms with Crippen LogP contribution in [0.15, 0.2) is 154 Å². The Balaban J connectivity index is 0.000000134. The van der Waals surface area contributed by atoms with Gasteiger partial charge in [-0.05, 0) is 84.8 Å². The number of anilines is 4. The molecule has 44 heteroatoms. The number of nitrogens with one attached hydrogen (secondary N) is 4. The van der Waals surface area contributed by atoms with Crippen LogP contribution in [0.1, 0.15) is 61.5 Å². The molecule has 13 heterocycles. The second-order valence-electron chi connectivity index (χ2n) is 26.4. The Kier molecular flexibility index (Phi) is 24.5. The van der Waals surface area contributed by atoms with Gasteiger partial charge in [0.15, 0.2) is 65.0 Å². The molecule has 4 saturated heterocycles. The molecule has 0 radical (unpaired) electrons. The highest BCUT2D eigenvalue weighted by Crippen LogP contribution is 2.37. The summed E-state index contributed by atoms with van der Waals surface area (Å²) in [7, 11) is 1.51. The standard InChI is InChI=1S/C19H23N7O5.C18H18FN5O4.C18H20N6O5.C16H17N7O4/c20-11(5-9-1-3-10(28)4-2-9)18(30)25-13-15(29)12(6-27)31-19(13)26-8-24-14-16(21)22-7-23-17(14)26;19-10-3-1-9(2-4-10)17(27)23-14-15(26)12(7-25)28-18(14)24-8-22-13-11(20)5-6-21-16(13)24;1-28-10-4-2-3-9(5-10)17(27)23-12-14(26)11(6-25)29-18(12)24-8-22-13-15(19)20-7-21-16(13)24;17-13-11-14(20-6-19-13)23(7-21-11)16-10(12(25)9(5-24)27-16)22-15(26)8-2-1-3-18-4-8/h1-4,7-8,11-13,15,19,27-29H,5-6,20H2,(H,25,30)(H2,21,22,23);1-6,8,12,14-15,18,25-26H,7H2,(H2,20,21)(H,23,27);2-5,7-8,11-12,14,18,25-26H,6H2,1H3,(H,23,27)(H2,19,20,21);1-4,6-7,9-10,12,16,24-25H,5H2,(H,22,26)(H2,17,19,20)/t11?,12-,13+,15?,19-;12-,14+,15?,18-;11-,12+,14?,18-;9-,10+,12?,16-/m1111/s1. The van der Waals surface area contributed by atoms with Crippen LogP contribution >= 0.6 is 0 Å². The van der Waals surface area contributed by atoms with E-state index in [0.29, 0.717) is 67.2 Å². The third kappa shape index (κ3) is 16.8. The van der Waals surface area contributed by atoms with Gasteiger partial charge < -0.3 is 120 Å². The lowest BCUT2D eigenvalue weighted by Gasteiger charge is -2.24. The summed E-state index contributed by atoms with van der Waals surface area (Å²) in [6, 6.07) is 18.3. The number of amides is 4. The summed E-state index contributed by atoms with van der Waals surface area (Å²) in [4.78, 5) is 99.7. The minimum Gasteiger partial charge on any atom is -0.508 e. The average Bonchev–Trinajstić information content (AvgIpc) is 1.64. The van der Waals surface area contributed by atoms with Crippen molar-refractivity contribution in [2.24, 2.45) is 5.73 Å². The van der Waals surface area contributed by atoms with Gasteiger partial charge in [0.2, 0.25) is 5.91 Å². The number of phenols is 1. The predicted octanol–water partition coefficient (Wildman–Crippen LogP) is -3.06. The number of aromatic nitrogens is 16. The summed E-state index contributed by atoms with van der Waals surface area (Å²) in [5.74, 6) is -1.14. The summed E-state index contributed by atoms with van der Waals surface area (Å²) in [5, 5.41) is 101. The maximum absolute atomic E-state index is 13.1. The molecule has 16 rings (SSSR count). The van der Waals surface area contributed by atoms with Crippen molar-refractivity contribution in [1.82, 2.24) is 99.3 Å². The highest BCUT2D eigenvalue weighted by Gasteiger charge is 2.50. The average molecular weight is 1590 g/mol. The van der Waals surface area contributed by atoms with E-state index in [0.717, 1.165) is 5.56 Å². The highest BCUT2D eigenvalue weighted by molar-refractivity contribution is 5.96. The molecule has 602 valence electrons. The Morgan fingerprint density at radius 3 is 1.30 bits per heavy atom. The van der Waals surface area contributed by atoms with E-state index in [1.165, 1.54) is 105 Å². The Morgan fingerprint density at radius 2 is 0.878 bits per heavy atom. The first kappa shape index (κ1) is 80.2. The topological polar surface area (TPSA) is 649 Å². The number of aromatic hydroxyl groups is 1. The Labute approximate surface area is 647 Å². The molecule has 4 aliphatic heterocycles. The molecule has 0 bridgehead atoms. The number of ether oxygens (including phenoxy) is 5. The fourth-order valence-corrected chi connectivity index (χ4v) is 13.3. The van der Waals surface area contributed by atoms with Gasteiger partial charge in [-0.2, -0.15) is 0 Å². The normalized spacial score (nSPS) is 24.4. The number of nitrogens with zero attached hydrogens (tertiary/aromatic N) is 16. The smallest absolute Gasteiger partial charge is 0.253 e. The zero-order chi connectivity index (χ0) is 81.5. The number of carbonyl (C=O) groups excluding carboxylic acids is 4. The van der Waals surface area contributed by atoms with Gasteiger partial charge in [0.25, 0.3) is 17.7 Å². The van der Waals surface area contributed by atoms with Gasteiger partial charge in [-0.15, -0.1) is 0 Å². The van der Waals surface area contributed by atoms with Crippen molar-refractivity contribution in [1.29, 1.82) is 0 Å². The molecular weight excluding hydrogens is 1510 g/mol. The lowest BCUT2D eigenvalue weighted by Crippen LogP contribution is -2.52. The Hall–Kier alpha value is -12.8. The predicted molar refractivity (Wildman–Crippen MR) is 398 cm³/mol. The minimum atomic E-state index is -1.20. The molecule has 5 unspecified atom stereocenters. The van der Waals surface area contributed by atoms with Gasteiger partial charge in [0.05, 0.1) is 76.1 Å². The van der Waals surface area contributed by atoms with Crippen molar-refractivity contribution in [3.05, 3.63) is 182 Å². The Bertz CT molecular complexity index is 5400. The van der Waals surface area contributed by atoms with Crippen molar-refractivity contribution < 1.29 is 93.2 Å². The molecule has 115 heavy (non-hydrogen) atoms. The van der Waals surface area contributed by atoms with Crippen LogP contribution in [0.4, 0.5) is 27.5 Å². The molecule has 0 spiro atoms. The number of rotatable bonds is 19. The van der Waals surface area contributed by atoms with Crippen LogP contribution in [0.25, 0.3) is 44.7 Å². The van der Waals surface area contributed by atoms with Crippen molar-refractivity contribution >= 4 is 91.4 Å². The second kappa shape index (κ2) is 35.1. The molecule has 4 amide bonds. The maximum atomic E-state index is 13.1. The van der Waals surface area contributed by atoms with E-state index in [9.17, 15) is 69.5 Å². The molecule has 43 nitrogen and oxygen atoms in total. The third-order valence-electron chi connectivity index (χ3n) is 19.2. The number of nitrogen functional groups attached to an aromatic ring is 4. The van der Waals surface area contributed by atoms with Crippen LogP contribution in [0, 0.1) is 5.82 Å². The summed E-state index contributed by atoms with van der Waals surface area (Å²) >= 11 is 0. The number of hydrogen-bond acceptors (Lipinski definition) is 35. The first-order valence-corrected chi connectivity index (χ1v) is 35.2. The molecule has 4 aliphatic rings. The number of benzene rings is 3. The van der Waals surface area contributed by atoms with Gasteiger partial charge in [0, 0.05) is 29.7 Å². The molecule has 17 atom stereocenters. The molecule has 3 aromatic carbocycles. The van der Waals surface area contributed by atoms with Crippen LogP contribution in [-0.2, 0) is 30.2 Å². The molecular formula is C71H78FN25O18. The van der Waals surface area contributed by atoms with E-state index >= 15 is 0 Å². The largest absolute Gasteiger partial charge is 0.508 e. The van der Waals surface area contributed by atoms with Crippen LogP contribution < -0.4 is 54.7 Å². The number of methoxy groups -OCH3 is 1. The quantitative estimate of drug-likeness (QED) is 0.0382. The molecule has 0 aliphatic carbocycles. The van der Waals surface area contributed by atoms with Gasteiger partial charge >= 0.3 is 0 Å². The second-order valence-corrected chi connectivity index (χ2v) is 26.4. The summed E-state index contributed by atoms with van der Waals surface area (Å²) in [5.41, 5.74) is 34.6. The number of fused-ring (bicyclic) bond motifs is 4. The molecule has 23 N–H and O–H groups in total. The van der Waals surface area contributed by atoms with Crippen LogP contribution in [0.3, 0.4) is 0 Å². The number of carbonyl (C=O) groups is 4. The van der Waals surface area contributed by atoms with Crippen LogP contribution in [0.2, 0.25) is 0 Å². The van der Waals surface area contributed by atoms with Gasteiger partial charge in [0.1, 0.15) is 131 Å². The lowest BCUT2D eigenvalue weighted by molar-refractivity contribution is -0.124. The fourth-order valence-electron chi connectivity index (χ4n) is 13.3. The van der Waals surface area contributed by atoms with E-state index in [2.05, 4.69) is 81.1 Å². The first-order valence-electron chi connectivity index (χ1n) is 35.2. The zero-order valence-electron chi connectivity index (χ0n) is 60.4. The van der Waals surface area contributed by atoms with E-state index in [1.807, 2.05) is 0 Å². The summed E-state index contributed by atoms with van der Waals surface area (Å²) < 4.78 is 47.5. The van der Waals surface area contributed by atoms with E-state index in [-0.39, 0.29) is 35.2 Å². The number of aliphatic hydroxyl groups is 8. The summed E-state index contributed by atoms with van der Waals surface area (Å²) in [6.45, 7) is -1.73. The lowest BCUT2D eigenvalue weighted by atomic mass is 10.0. The van der Waals surface area contributed by atoms with Crippen molar-refractivity contribution in [2.45, 2.75) is 110 Å². The van der Waals surface area contributed by atoms with Crippen LogP contribution in [0.5, 0.6) is 11.5 Å². The number of phenolic OH excluding ortho intramolecular Hbond substituents is 1. The SMILES string of the molecule is COc1cccc(C(=O)N[C@H]2C(O)[C@@H](CO)O[C@H]2n2cnc3c(N)ncnc32)c1.Nc1ccnc2c1ncn2[C@@H]1O[C@H](CO)C(O)[C@@H]1NC(=O)c1ccc(F)cc1.Nc1ncnc2c1ncn2[C@@H]1O[C@H](CO)C(O)[C@@H]1NC(=O)C(N)Cc1ccc(O)cc1.Nc1ncnc2c1ncn2[C@@H]1O[C@H](CO)C(O)[C@@H]1NC(=O)c1cccnc1. The minimum absolute atomic E-state index is 0.114. The van der Waals surface area contributed by atoms with Gasteiger partial charge in [-0.1, -0.05) is 18.2 Å². The van der Waals surface area contributed by atoms with E-state index in [4.69, 9.17) is 52.4 Å². The van der Waals surface area contributed by atoms with Gasteiger partial charge in [-0.3, -0.25) is 42.4 Å². The van der Waals surface area contributed by atoms with Crippen molar-refractivity contribution in [2.75, 3.05) is 56.5 Å². The van der Waals surface area contributed by atoms with E-state index < -0.39 is 160 Å². The molecule has 4 fully saturated rings. The van der Waals surface area contributed by atoms with Crippen molar-refractivity contribution in [3.63, 3.8) is 0 Å². The number of imidazole rings is 4. The fraction of sp³-hybridized carbons (Fsp3) is 0.324. The van der Waals surface area contributed by atoms with Gasteiger partial charge in [-0.25, -0.2) is 59.2 Å². The van der Waals surface area contributed by atoms with Crippen LogP contribution in [-0.4, -0.2) is 260 Å². The monoisotopic (exact) mass is 1590 g/mol. The van der Waals surface area contributed by atoms with Crippen molar-refractivity contribution in [3.8, 4) is 11.5 Å².